The van der Waals surface area contributed by atoms with Gasteiger partial charge in [-0.25, -0.2) is 0 Å². The van der Waals surface area contributed by atoms with E-state index >= 15 is 0 Å². The third kappa shape index (κ3) is 2.44. The zero-order valence-corrected chi connectivity index (χ0v) is 9.99. The van der Waals surface area contributed by atoms with Crippen molar-refractivity contribution >= 4 is 10.8 Å². The molecular weight excluding hydrogens is 192 g/mol. The molecule has 14 heavy (non-hydrogen) atoms. The Morgan fingerprint density at radius 3 is 2.71 bits per heavy atom. The lowest BCUT2D eigenvalue weighted by molar-refractivity contribution is 0.674. The Morgan fingerprint density at radius 2 is 2.00 bits per heavy atom. The first kappa shape index (κ1) is 11.4. The fraction of sp³-hybridized carbons (Fsp3) is 0.500. The van der Waals surface area contributed by atoms with Gasteiger partial charge in [-0.3, -0.25) is 4.21 Å². The van der Waals surface area contributed by atoms with Gasteiger partial charge in [0.15, 0.2) is 0 Å². The van der Waals surface area contributed by atoms with E-state index in [-0.39, 0.29) is 0 Å². The minimum Gasteiger partial charge on any atom is -0.254 e. The summed E-state index contributed by atoms with van der Waals surface area (Å²) < 4.78 is 11.5. The summed E-state index contributed by atoms with van der Waals surface area (Å²) in [5.74, 6) is 0.843. The molecule has 1 unspecified atom stereocenters. The molecule has 0 amide bonds. The summed E-state index contributed by atoms with van der Waals surface area (Å²) in [5, 5.41) is 0. The van der Waals surface area contributed by atoms with Gasteiger partial charge in [0.2, 0.25) is 0 Å². The summed E-state index contributed by atoms with van der Waals surface area (Å²) >= 11 is 0. The molecule has 1 aliphatic heterocycles. The van der Waals surface area contributed by atoms with Crippen LogP contribution < -0.4 is 0 Å². The maximum Gasteiger partial charge on any atom is 0.0532 e. The first-order valence-electron chi connectivity index (χ1n) is 5.25. The molecule has 0 radical (unpaired) electrons. The van der Waals surface area contributed by atoms with Crippen molar-refractivity contribution in [2.24, 2.45) is 0 Å². The molecule has 1 heterocycles. The van der Waals surface area contributed by atoms with Gasteiger partial charge in [0, 0.05) is 10.6 Å². The zero-order valence-electron chi connectivity index (χ0n) is 9.17. The maximum atomic E-state index is 11.5. The van der Waals surface area contributed by atoms with Gasteiger partial charge in [0.05, 0.1) is 10.8 Å². The maximum absolute atomic E-state index is 11.5. The van der Waals surface area contributed by atoms with E-state index in [1.54, 1.807) is 0 Å². The van der Waals surface area contributed by atoms with Crippen LogP contribution in [0.25, 0.3) is 0 Å². The Balaban J connectivity index is 0.000000461. The van der Waals surface area contributed by atoms with Crippen LogP contribution in [0, 0.1) is 6.92 Å². The molecular formula is C12H18OS. The summed E-state index contributed by atoms with van der Waals surface area (Å²) in [5.41, 5.74) is 2.56. The quantitative estimate of drug-likeness (QED) is 0.643. The molecule has 1 nitrogen and oxygen atoms in total. The fourth-order valence-corrected chi connectivity index (χ4v) is 2.93. The third-order valence-corrected chi connectivity index (χ3v) is 3.79. The number of fused-ring (bicyclic) bond motifs is 1. The molecule has 2 rings (SSSR count). The summed E-state index contributed by atoms with van der Waals surface area (Å²) in [6.07, 6.45) is 2.17. The topological polar surface area (TPSA) is 17.1 Å². The van der Waals surface area contributed by atoms with Gasteiger partial charge >= 0.3 is 0 Å². The number of hydrogen-bond acceptors (Lipinski definition) is 1. The molecule has 0 saturated heterocycles. The van der Waals surface area contributed by atoms with Gasteiger partial charge < -0.3 is 0 Å². The highest BCUT2D eigenvalue weighted by atomic mass is 32.2. The minimum absolute atomic E-state index is 0.723. The Kier molecular flexibility index (Phi) is 4.33. The molecule has 0 spiro atoms. The van der Waals surface area contributed by atoms with Crippen molar-refractivity contribution in [3.63, 3.8) is 0 Å². The average Bonchev–Trinajstić information content (AvgIpc) is 2.21. The van der Waals surface area contributed by atoms with E-state index in [1.165, 1.54) is 11.1 Å². The molecule has 0 fully saturated rings. The number of benzene rings is 1. The van der Waals surface area contributed by atoms with Crippen LogP contribution in [0.15, 0.2) is 23.1 Å². The highest BCUT2D eigenvalue weighted by Crippen LogP contribution is 2.22. The lowest BCUT2D eigenvalue weighted by atomic mass is 10.1. The molecule has 1 atom stereocenters. The van der Waals surface area contributed by atoms with Crippen LogP contribution in [0.1, 0.15) is 31.4 Å². The third-order valence-electron chi connectivity index (χ3n) is 2.24. The van der Waals surface area contributed by atoms with Gasteiger partial charge in [0.1, 0.15) is 0 Å². The second-order valence-electron chi connectivity index (χ2n) is 3.26. The molecule has 1 aromatic rings. The van der Waals surface area contributed by atoms with Crippen LogP contribution in [0.4, 0.5) is 0 Å². The SMILES string of the molecule is CC.Cc1ccc2c(c1)CCCS2=O. The Labute approximate surface area is 89.0 Å². The number of aryl methyl sites for hydroxylation is 2. The average molecular weight is 210 g/mol. The van der Waals surface area contributed by atoms with Crippen molar-refractivity contribution in [1.82, 2.24) is 0 Å². The second-order valence-corrected chi connectivity index (χ2v) is 4.80. The largest absolute Gasteiger partial charge is 0.254 e. The smallest absolute Gasteiger partial charge is 0.0532 e. The van der Waals surface area contributed by atoms with Gasteiger partial charge in [-0.15, -0.1) is 0 Å². The van der Waals surface area contributed by atoms with E-state index in [9.17, 15) is 4.21 Å². The molecule has 1 aliphatic rings. The van der Waals surface area contributed by atoms with Crippen molar-refractivity contribution in [1.29, 1.82) is 0 Å². The van der Waals surface area contributed by atoms with E-state index < -0.39 is 10.8 Å². The van der Waals surface area contributed by atoms with E-state index in [1.807, 2.05) is 26.0 Å². The summed E-state index contributed by atoms with van der Waals surface area (Å²) in [6.45, 7) is 6.08. The van der Waals surface area contributed by atoms with E-state index in [0.717, 1.165) is 23.5 Å². The van der Waals surface area contributed by atoms with Gasteiger partial charge in [-0.1, -0.05) is 31.5 Å². The monoisotopic (exact) mass is 210 g/mol. The van der Waals surface area contributed by atoms with Crippen molar-refractivity contribution < 1.29 is 4.21 Å². The lowest BCUT2D eigenvalue weighted by Gasteiger charge is -2.14. The first-order chi connectivity index (χ1) is 6.77. The fourth-order valence-electron chi connectivity index (χ4n) is 1.63. The molecule has 2 heteroatoms. The van der Waals surface area contributed by atoms with Crippen molar-refractivity contribution in [3.8, 4) is 0 Å². The predicted molar refractivity (Wildman–Crippen MR) is 62.1 cm³/mol. The molecule has 78 valence electrons. The van der Waals surface area contributed by atoms with Crippen LogP contribution in [-0.2, 0) is 17.2 Å². The molecule has 0 aromatic heterocycles. The van der Waals surface area contributed by atoms with Crippen LogP contribution in [0.5, 0.6) is 0 Å². The normalized spacial score (nSPS) is 19.2. The van der Waals surface area contributed by atoms with Gasteiger partial charge in [-0.2, -0.15) is 0 Å². The molecule has 0 saturated carbocycles. The van der Waals surface area contributed by atoms with Gasteiger partial charge in [-0.05, 0) is 31.4 Å². The summed E-state index contributed by atoms with van der Waals surface area (Å²) in [7, 11) is -0.723. The Morgan fingerprint density at radius 1 is 1.29 bits per heavy atom. The minimum atomic E-state index is -0.723. The van der Waals surface area contributed by atoms with Gasteiger partial charge in [0.25, 0.3) is 0 Å². The van der Waals surface area contributed by atoms with E-state index in [4.69, 9.17) is 0 Å². The molecule has 0 bridgehead atoms. The van der Waals surface area contributed by atoms with Crippen LogP contribution >= 0.6 is 0 Å². The van der Waals surface area contributed by atoms with E-state index in [0.29, 0.717) is 0 Å². The van der Waals surface area contributed by atoms with Crippen molar-refractivity contribution in [2.75, 3.05) is 5.75 Å². The molecule has 0 N–H and O–H groups in total. The van der Waals surface area contributed by atoms with E-state index in [2.05, 4.69) is 13.0 Å². The summed E-state index contributed by atoms with van der Waals surface area (Å²) in [4.78, 5) is 1.06. The number of rotatable bonds is 0. The van der Waals surface area contributed by atoms with Crippen molar-refractivity contribution in [3.05, 3.63) is 29.3 Å². The molecule has 1 aromatic carbocycles. The Hall–Kier alpha value is -0.630. The van der Waals surface area contributed by atoms with Crippen LogP contribution in [-0.4, -0.2) is 9.96 Å². The van der Waals surface area contributed by atoms with Crippen molar-refractivity contribution in [2.45, 2.75) is 38.5 Å². The second kappa shape index (κ2) is 5.30. The predicted octanol–water partition coefficient (Wildman–Crippen LogP) is 3.08. The van der Waals surface area contributed by atoms with Crippen LogP contribution in [0.2, 0.25) is 0 Å². The summed E-state index contributed by atoms with van der Waals surface area (Å²) in [6, 6.07) is 6.22. The first-order valence-corrected chi connectivity index (χ1v) is 6.57. The standard InChI is InChI=1S/C10H12OS.C2H6/c1-8-4-5-10-9(7-8)3-2-6-12(10)11;1-2/h4-5,7H,2-3,6H2,1H3;1-2H3. The highest BCUT2D eigenvalue weighted by molar-refractivity contribution is 7.85. The molecule has 0 aliphatic carbocycles. The van der Waals surface area contributed by atoms with Crippen LogP contribution in [0.3, 0.4) is 0 Å². The highest BCUT2D eigenvalue weighted by Gasteiger charge is 2.14. The number of hydrogen-bond donors (Lipinski definition) is 0. The lowest BCUT2D eigenvalue weighted by Crippen LogP contribution is -2.09. The zero-order chi connectivity index (χ0) is 10.6. The Bertz CT molecular complexity index is 331.